The maximum atomic E-state index is 2.51. The molecule has 0 unspecified atom stereocenters. The summed E-state index contributed by atoms with van der Waals surface area (Å²) in [5.74, 6) is 0. The third kappa shape index (κ3) is 6.48. The monoisotopic (exact) mass is 913 g/mol. The second-order valence-corrected chi connectivity index (χ2v) is 19.1. The van der Waals surface area contributed by atoms with Crippen LogP contribution in [0.3, 0.4) is 0 Å². The lowest BCUT2D eigenvalue weighted by atomic mass is 9.70. The molecule has 0 saturated carbocycles. The van der Waals surface area contributed by atoms with Gasteiger partial charge in [-0.15, -0.1) is 0 Å². The lowest BCUT2D eigenvalue weighted by Crippen LogP contribution is -2.26. The Bertz CT molecular complexity index is 3950. The van der Waals surface area contributed by atoms with Gasteiger partial charge in [-0.25, -0.2) is 0 Å². The molecule has 2 aliphatic rings. The van der Waals surface area contributed by atoms with Crippen molar-refractivity contribution in [3.05, 3.63) is 307 Å². The van der Waals surface area contributed by atoms with E-state index in [1.54, 1.807) is 0 Å². The fourth-order valence-corrected chi connectivity index (χ4v) is 12.2. The van der Waals surface area contributed by atoms with Crippen molar-refractivity contribution in [1.82, 2.24) is 0 Å². The number of hydrogen-bond acceptors (Lipinski definition) is 1. The normalized spacial score (nSPS) is 12.6. The molecule has 72 heavy (non-hydrogen) atoms. The average Bonchev–Trinajstić information content (AvgIpc) is 3.93. The maximum Gasteiger partial charge on any atom is 0.0726 e. The van der Waals surface area contributed by atoms with Crippen molar-refractivity contribution in [1.29, 1.82) is 0 Å². The molecule has 12 aromatic rings. The molecule has 336 valence electrons. The van der Waals surface area contributed by atoms with Crippen molar-refractivity contribution < 1.29 is 0 Å². The van der Waals surface area contributed by atoms with Crippen LogP contribution in [0, 0.1) is 0 Å². The van der Waals surface area contributed by atoms with Gasteiger partial charge < -0.3 is 4.90 Å². The molecule has 0 amide bonds. The van der Waals surface area contributed by atoms with Crippen molar-refractivity contribution in [2.75, 3.05) is 4.90 Å². The molecule has 0 heterocycles. The molecule has 0 aromatic heterocycles. The van der Waals surface area contributed by atoms with Crippen LogP contribution in [0.4, 0.5) is 17.1 Å². The van der Waals surface area contributed by atoms with Crippen LogP contribution in [0.15, 0.2) is 285 Å². The predicted octanol–water partition coefficient (Wildman–Crippen LogP) is 19.0. The Labute approximate surface area is 421 Å². The minimum atomic E-state index is -0.489. The highest BCUT2D eigenvalue weighted by atomic mass is 15.1. The van der Waals surface area contributed by atoms with Crippen LogP contribution in [0.1, 0.15) is 22.3 Å². The summed E-state index contributed by atoms with van der Waals surface area (Å²) in [6, 6.07) is 105. The summed E-state index contributed by atoms with van der Waals surface area (Å²) in [5.41, 5.74) is 25.1. The number of nitrogens with zero attached hydrogens (tertiary/aromatic N) is 1. The van der Waals surface area contributed by atoms with Crippen molar-refractivity contribution in [2.24, 2.45) is 0 Å². The van der Waals surface area contributed by atoms with Crippen LogP contribution in [0.2, 0.25) is 0 Å². The molecule has 14 rings (SSSR count). The standard InChI is InChI=1S/C71H47N/c1-3-19-50(20-4-1)58-26-9-10-30-64(58)70-59(52-21-5-2-6-22-52)32-18-36-69(70)72(54-43-41-49(42-44-54)48-37-39-53(40-38-48)57-31-17-24-51-23-7-8-25-56(51)57)55-45-46-63-62-29-13-16-35-67(62)71(68(63)47-55)65-33-14-11-27-60(65)61-28-12-15-34-66(61)71/h1-47H. The molecule has 1 nitrogen and oxygen atoms in total. The Balaban J connectivity index is 0.993. The first-order chi connectivity index (χ1) is 35.7. The van der Waals surface area contributed by atoms with E-state index >= 15 is 0 Å². The summed E-state index contributed by atoms with van der Waals surface area (Å²) in [6.45, 7) is 0. The molecule has 0 aliphatic heterocycles. The van der Waals surface area contributed by atoms with Crippen molar-refractivity contribution >= 4 is 27.8 Å². The molecule has 12 aromatic carbocycles. The number of anilines is 3. The van der Waals surface area contributed by atoms with Crippen molar-refractivity contribution in [3.63, 3.8) is 0 Å². The second-order valence-electron chi connectivity index (χ2n) is 19.1. The molecule has 1 heteroatoms. The zero-order chi connectivity index (χ0) is 47.6. The first-order valence-corrected chi connectivity index (χ1v) is 25.0. The van der Waals surface area contributed by atoms with Gasteiger partial charge in [0.05, 0.1) is 11.1 Å². The summed E-state index contributed by atoms with van der Waals surface area (Å²) in [5, 5.41) is 2.52. The van der Waals surface area contributed by atoms with Crippen molar-refractivity contribution in [3.8, 4) is 77.9 Å². The quantitative estimate of drug-likeness (QED) is 0.147. The molecule has 0 fully saturated rings. The van der Waals surface area contributed by atoms with Gasteiger partial charge in [0.25, 0.3) is 0 Å². The van der Waals surface area contributed by atoms with Crippen LogP contribution >= 0.6 is 0 Å². The summed E-state index contributed by atoms with van der Waals surface area (Å²) >= 11 is 0. The molecule has 0 saturated heterocycles. The molecule has 0 N–H and O–H groups in total. The largest absolute Gasteiger partial charge is 0.310 e. The highest BCUT2D eigenvalue weighted by Crippen LogP contribution is 2.63. The van der Waals surface area contributed by atoms with E-state index in [1.807, 2.05) is 0 Å². The summed E-state index contributed by atoms with van der Waals surface area (Å²) in [7, 11) is 0. The van der Waals surface area contributed by atoms with Gasteiger partial charge >= 0.3 is 0 Å². The van der Waals surface area contributed by atoms with Crippen LogP contribution in [-0.4, -0.2) is 0 Å². The highest BCUT2D eigenvalue weighted by molar-refractivity contribution is 6.03. The van der Waals surface area contributed by atoms with Crippen LogP contribution in [-0.2, 0) is 5.41 Å². The minimum Gasteiger partial charge on any atom is -0.310 e. The topological polar surface area (TPSA) is 3.24 Å². The molecule has 1 spiro atoms. The predicted molar refractivity (Wildman–Crippen MR) is 302 cm³/mol. The first kappa shape index (κ1) is 41.7. The van der Waals surface area contributed by atoms with Gasteiger partial charge in [-0.2, -0.15) is 0 Å². The van der Waals surface area contributed by atoms with E-state index in [0.717, 1.165) is 17.1 Å². The first-order valence-electron chi connectivity index (χ1n) is 25.0. The third-order valence-electron chi connectivity index (χ3n) is 15.3. The van der Waals surface area contributed by atoms with Gasteiger partial charge in [0.15, 0.2) is 0 Å². The summed E-state index contributed by atoms with van der Waals surface area (Å²) in [4.78, 5) is 2.51. The van der Waals surface area contributed by atoms with Gasteiger partial charge in [-0.1, -0.05) is 255 Å². The van der Waals surface area contributed by atoms with E-state index in [9.17, 15) is 0 Å². The smallest absolute Gasteiger partial charge is 0.0726 e. The zero-order valence-corrected chi connectivity index (χ0v) is 39.6. The van der Waals surface area contributed by atoms with E-state index in [4.69, 9.17) is 0 Å². The van der Waals surface area contributed by atoms with E-state index in [2.05, 4.69) is 290 Å². The fraction of sp³-hybridized carbons (Fsp3) is 0.0141. The number of fused-ring (bicyclic) bond motifs is 11. The second kappa shape index (κ2) is 17.0. The third-order valence-corrected chi connectivity index (χ3v) is 15.3. The number of hydrogen-bond donors (Lipinski definition) is 0. The molecule has 2 aliphatic carbocycles. The van der Waals surface area contributed by atoms with Crippen molar-refractivity contribution in [2.45, 2.75) is 5.41 Å². The Morgan fingerprint density at radius 2 is 0.653 bits per heavy atom. The van der Waals surface area contributed by atoms with Gasteiger partial charge in [0, 0.05) is 16.9 Å². The lowest BCUT2D eigenvalue weighted by molar-refractivity contribution is 0.793. The Morgan fingerprint density at radius 1 is 0.236 bits per heavy atom. The molecular weight excluding hydrogens is 867 g/mol. The summed E-state index contributed by atoms with van der Waals surface area (Å²) in [6.07, 6.45) is 0. The Hall–Kier alpha value is -9.30. The van der Waals surface area contributed by atoms with Crippen LogP contribution in [0.25, 0.3) is 88.7 Å². The van der Waals surface area contributed by atoms with Crippen LogP contribution in [0.5, 0.6) is 0 Å². The van der Waals surface area contributed by atoms with E-state index in [-0.39, 0.29) is 0 Å². The van der Waals surface area contributed by atoms with Gasteiger partial charge in [-0.3, -0.25) is 0 Å². The molecule has 0 bridgehead atoms. The highest BCUT2D eigenvalue weighted by Gasteiger charge is 2.51. The Morgan fingerprint density at radius 3 is 1.29 bits per heavy atom. The fourth-order valence-electron chi connectivity index (χ4n) is 12.2. The van der Waals surface area contributed by atoms with E-state index < -0.39 is 5.41 Å². The van der Waals surface area contributed by atoms with Crippen LogP contribution < -0.4 is 4.90 Å². The molecule has 0 atom stereocenters. The minimum absolute atomic E-state index is 0.489. The van der Waals surface area contributed by atoms with E-state index in [1.165, 1.54) is 111 Å². The lowest BCUT2D eigenvalue weighted by Gasteiger charge is -2.33. The molecule has 0 radical (unpaired) electrons. The van der Waals surface area contributed by atoms with Gasteiger partial charge in [0.2, 0.25) is 0 Å². The average molecular weight is 914 g/mol. The summed E-state index contributed by atoms with van der Waals surface area (Å²) < 4.78 is 0. The number of benzene rings is 12. The van der Waals surface area contributed by atoms with Gasteiger partial charge in [0.1, 0.15) is 0 Å². The Kier molecular flexibility index (Phi) is 9.82. The zero-order valence-electron chi connectivity index (χ0n) is 39.6. The van der Waals surface area contributed by atoms with E-state index in [0.29, 0.717) is 0 Å². The van der Waals surface area contributed by atoms with Gasteiger partial charge in [-0.05, 0) is 136 Å². The maximum absolute atomic E-state index is 2.51. The SMILES string of the molecule is c1ccc(-c2ccccc2-c2c(-c3ccccc3)cccc2N(c2ccc(-c3ccc(-c4cccc5ccccc45)cc3)cc2)c2ccc3c(c2)C2(c4ccccc4-c4ccccc42)c2ccccc2-3)cc1. The number of rotatable bonds is 8. The molecular formula is C71H47N.